The molecule has 1 heterocycles. The minimum absolute atomic E-state index is 0.722. The second-order valence-corrected chi connectivity index (χ2v) is 5.58. The van der Waals surface area contributed by atoms with E-state index in [0.29, 0.717) is 0 Å². The van der Waals surface area contributed by atoms with E-state index < -0.39 is 0 Å². The molecule has 2 rings (SSSR count). The molecule has 0 spiro atoms. The van der Waals surface area contributed by atoms with Gasteiger partial charge < -0.3 is 4.90 Å². The van der Waals surface area contributed by atoms with Gasteiger partial charge in [-0.05, 0) is 39.0 Å². The monoisotopic (exact) mass is 222 g/mol. The van der Waals surface area contributed by atoms with E-state index in [1.165, 1.54) is 52.0 Å². The summed E-state index contributed by atoms with van der Waals surface area (Å²) < 4.78 is 0. The molecular weight excluding hydrogens is 196 g/mol. The molecule has 0 saturated carbocycles. The summed E-state index contributed by atoms with van der Waals surface area (Å²) in [4.78, 5) is 5.26. The summed E-state index contributed by atoms with van der Waals surface area (Å²) in [6, 6.07) is 0.722. The van der Waals surface area contributed by atoms with Crippen molar-refractivity contribution in [3.05, 3.63) is 12.2 Å². The Labute approximate surface area is 100 Å². The first kappa shape index (κ1) is 12.1. The van der Waals surface area contributed by atoms with E-state index >= 15 is 0 Å². The molecule has 1 aliphatic heterocycles. The van der Waals surface area contributed by atoms with Crippen LogP contribution in [0.15, 0.2) is 12.2 Å². The highest BCUT2D eigenvalue weighted by molar-refractivity contribution is 4.91. The van der Waals surface area contributed by atoms with Gasteiger partial charge in [0, 0.05) is 38.8 Å². The molecule has 1 saturated heterocycles. The lowest BCUT2D eigenvalue weighted by molar-refractivity contribution is 0.0954. The second kappa shape index (κ2) is 5.83. The highest BCUT2D eigenvalue weighted by Crippen LogP contribution is 2.20. The predicted octanol–water partition coefficient (Wildman–Crippen LogP) is 2.37. The SMILES string of the molecule is CC(C)N1CCN(C[C@@H]2CC=CCC2)CC1. The van der Waals surface area contributed by atoms with Crippen LogP contribution in [-0.4, -0.2) is 48.6 Å². The van der Waals surface area contributed by atoms with Crippen LogP contribution in [0.4, 0.5) is 0 Å². The third-order valence-corrected chi connectivity index (χ3v) is 4.03. The fourth-order valence-corrected chi connectivity index (χ4v) is 2.85. The molecule has 1 aliphatic carbocycles. The van der Waals surface area contributed by atoms with Crippen LogP contribution in [-0.2, 0) is 0 Å². The van der Waals surface area contributed by atoms with Crippen molar-refractivity contribution in [2.75, 3.05) is 32.7 Å². The average Bonchev–Trinajstić information content (AvgIpc) is 2.31. The average molecular weight is 222 g/mol. The minimum Gasteiger partial charge on any atom is -0.301 e. The van der Waals surface area contributed by atoms with Crippen molar-refractivity contribution in [1.82, 2.24) is 9.80 Å². The molecule has 0 N–H and O–H groups in total. The number of hydrogen-bond donors (Lipinski definition) is 0. The van der Waals surface area contributed by atoms with Crippen molar-refractivity contribution in [2.24, 2.45) is 5.92 Å². The van der Waals surface area contributed by atoms with Gasteiger partial charge in [0.2, 0.25) is 0 Å². The first-order chi connectivity index (χ1) is 7.75. The van der Waals surface area contributed by atoms with Crippen molar-refractivity contribution in [2.45, 2.75) is 39.2 Å². The molecule has 2 heteroatoms. The Kier molecular flexibility index (Phi) is 4.42. The van der Waals surface area contributed by atoms with Crippen LogP contribution < -0.4 is 0 Å². The summed E-state index contributed by atoms with van der Waals surface area (Å²) in [7, 11) is 0. The Morgan fingerprint density at radius 3 is 2.44 bits per heavy atom. The summed E-state index contributed by atoms with van der Waals surface area (Å²) in [6.07, 6.45) is 8.73. The largest absolute Gasteiger partial charge is 0.301 e. The molecule has 0 aromatic rings. The van der Waals surface area contributed by atoms with Gasteiger partial charge >= 0.3 is 0 Å². The van der Waals surface area contributed by atoms with Gasteiger partial charge in [-0.3, -0.25) is 4.90 Å². The highest BCUT2D eigenvalue weighted by Gasteiger charge is 2.21. The maximum Gasteiger partial charge on any atom is 0.0113 e. The zero-order chi connectivity index (χ0) is 11.4. The van der Waals surface area contributed by atoms with E-state index in [1.807, 2.05) is 0 Å². The van der Waals surface area contributed by atoms with Gasteiger partial charge in [-0.2, -0.15) is 0 Å². The van der Waals surface area contributed by atoms with Crippen molar-refractivity contribution in [3.8, 4) is 0 Å². The summed E-state index contributed by atoms with van der Waals surface area (Å²) in [6.45, 7) is 11.0. The fraction of sp³-hybridized carbons (Fsp3) is 0.857. The Bertz CT molecular complexity index is 227. The van der Waals surface area contributed by atoms with Crippen LogP contribution in [0.1, 0.15) is 33.1 Å². The van der Waals surface area contributed by atoms with Gasteiger partial charge in [-0.15, -0.1) is 0 Å². The van der Waals surface area contributed by atoms with Gasteiger partial charge in [-0.1, -0.05) is 12.2 Å². The molecule has 0 radical (unpaired) electrons. The molecule has 0 bridgehead atoms. The normalized spacial score (nSPS) is 28.8. The first-order valence-corrected chi connectivity index (χ1v) is 6.87. The number of piperazine rings is 1. The van der Waals surface area contributed by atoms with Crippen LogP contribution in [0.2, 0.25) is 0 Å². The lowest BCUT2D eigenvalue weighted by Gasteiger charge is -2.38. The van der Waals surface area contributed by atoms with Crippen LogP contribution in [0, 0.1) is 5.92 Å². The van der Waals surface area contributed by atoms with Crippen LogP contribution in [0.25, 0.3) is 0 Å². The quantitative estimate of drug-likeness (QED) is 0.676. The lowest BCUT2D eigenvalue weighted by Crippen LogP contribution is -2.49. The highest BCUT2D eigenvalue weighted by atomic mass is 15.3. The van der Waals surface area contributed by atoms with E-state index in [2.05, 4.69) is 35.8 Å². The standard InChI is InChI=1S/C14H26N2/c1-13(2)16-10-8-15(9-11-16)12-14-6-4-3-5-7-14/h3-4,13-14H,5-12H2,1-2H3/t14-/m1/s1. The van der Waals surface area contributed by atoms with Gasteiger partial charge in [0.15, 0.2) is 0 Å². The van der Waals surface area contributed by atoms with E-state index in [1.54, 1.807) is 0 Å². The minimum atomic E-state index is 0.722. The Morgan fingerprint density at radius 2 is 1.88 bits per heavy atom. The molecule has 0 aromatic carbocycles. The third kappa shape index (κ3) is 3.33. The number of nitrogens with zero attached hydrogens (tertiary/aromatic N) is 2. The first-order valence-electron chi connectivity index (χ1n) is 6.87. The Morgan fingerprint density at radius 1 is 1.12 bits per heavy atom. The maximum atomic E-state index is 2.67. The Hall–Kier alpha value is -0.340. The molecule has 2 aliphatic rings. The number of allylic oxidation sites excluding steroid dienone is 2. The zero-order valence-electron chi connectivity index (χ0n) is 10.9. The second-order valence-electron chi connectivity index (χ2n) is 5.58. The smallest absolute Gasteiger partial charge is 0.0113 e. The molecule has 0 amide bonds. The van der Waals surface area contributed by atoms with Gasteiger partial charge in [0.1, 0.15) is 0 Å². The fourth-order valence-electron chi connectivity index (χ4n) is 2.85. The van der Waals surface area contributed by atoms with Crippen molar-refractivity contribution < 1.29 is 0 Å². The zero-order valence-corrected chi connectivity index (χ0v) is 10.9. The summed E-state index contributed by atoms with van der Waals surface area (Å²) >= 11 is 0. The maximum absolute atomic E-state index is 2.67. The topological polar surface area (TPSA) is 6.48 Å². The van der Waals surface area contributed by atoms with Crippen molar-refractivity contribution in [1.29, 1.82) is 0 Å². The molecule has 92 valence electrons. The number of rotatable bonds is 3. The van der Waals surface area contributed by atoms with E-state index in [0.717, 1.165) is 12.0 Å². The molecule has 2 nitrogen and oxygen atoms in total. The molecule has 1 atom stereocenters. The third-order valence-electron chi connectivity index (χ3n) is 4.03. The van der Waals surface area contributed by atoms with E-state index in [9.17, 15) is 0 Å². The molecule has 0 aromatic heterocycles. The lowest BCUT2D eigenvalue weighted by atomic mass is 9.94. The van der Waals surface area contributed by atoms with Crippen LogP contribution >= 0.6 is 0 Å². The van der Waals surface area contributed by atoms with Gasteiger partial charge in [0.25, 0.3) is 0 Å². The van der Waals surface area contributed by atoms with E-state index in [4.69, 9.17) is 0 Å². The summed E-state index contributed by atoms with van der Waals surface area (Å²) in [5, 5.41) is 0. The molecular formula is C14H26N2. The van der Waals surface area contributed by atoms with Crippen LogP contribution in [0.5, 0.6) is 0 Å². The number of hydrogen-bond acceptors (Lipinski definition) is 2. The van der Waals surface area contributed by atoms with Crippen molar-refractivity contribution in [3.63, 3.8) is 0 Å². The molecule has 0 unspecified atom stereocenters. The summed E-state index contributed by atoms with van der Waals surface area (Å²) in [5.41, 5.74) is 0. The van der Waals surface area contributed by atoms with Gasteiger partial charge in [-0.25, -0.2) is 0 Å². The molecule has 1 fully saturated rings. The van der Waals surface area contributed by atoms with E-state index in [-0.39, 0.29) is 0 Å². The predicted molar refractivity (Wildman–Crippen MR) is 69.6 cm³/mol. The summed E-state index contributed by atoms with van der Waals surface area (Å²) in [5.74, 6) is 0.926. The van der Waals surface area contributed by atoms with Crippen LogP contribution in [0.3, 0.4) is 0 Å². The van der Waals surface area contributed by atoms with Crippen molar-refractivity contribution >= 4 is 0 Å². The Balaban J connectivity index is 1.70. The van der Waals surface area contributed by atoms with Gasteiger partial charge in [0.05, 0.1) is 0 Å². The molecule has 16 heavy (non-hydrogen) atoms.